The van der Waals surface area contributed by atoms with Crippen molar-refractivity contribution in [3.8, 4) is 17.2 Å². The zero-order valence-corrected chi connectivity index (χ0v) is 62.0. The van der Waals surface area contributed by atoms with Crippen LogP contribution in [0.15, 0.2) is 141 Å². The molecule has 102 heavy (non-hydrogen) atoms. The lowest BCUT2D eigenvalue weighted by Crippen LogP contribution is -2.41. The van der Waals surface area contributed by atoms with Gasteiger partial charge in [-0.15, -0.1) is 0 Å². The summed E-state index contributed by atoms with van der Waals surface area (Å²) in [4.78, 5) is 75.8. The van der Waals surface area contributed by atoms with Gasteiger partial charge >= 0.3 is 30.1 Å². The number of rotatable bonds is 20. The number of hydrogen-bond donors (Lipinski definition) is 4. The summed E-state index contributed by atoms with van der Waals surface area (Å²) < 4.78 is 113. The predicted octanol–water partition coefficient (Wildman–Crippen LogP) is 15.1. The van der Waals surface area contributed by atoms with E-state index in [1.54, 1.807) is 79.8 Å². The largest absolute Gasteiger partial charge is 0.508 e. The topological polar surface area (TPSA) is 297 Å². The molecule has 24 nitrogen and oxygen atoms in total. The highest BCUT2D eigenvalue weighted by atomic mass is 79.9. The first-order valence-corrected chi connectivity index (χ1v) is 34.3. The molecule has 5 aromatic carbocycles. The molecule has 11 rings (SSSR count). The summed E-state index contributed by atoms with van der Waals surface area (Å²) in [7, 11) is 6.74. The number of carbonyl (C=O) groups is 5. The fraction of sp³-hybridized carbons (Fsp3) is 0.361. The average Bonchev–Trinajstić information content (AvgIpc) is 1.18. The maximum absolute atomic E-state index is 14.6. The molecule has 30 heteroatoms. The number of alkyl halides is 3. The number of hydrogen-bond acceptors (Lipinski definition) is 22. The van der Waals surface area contributed by atoms with Crippen LogP contribution in [0.1, 0.15) is 115 Å². The van der Waals surface area contributed by atoms with Gasteiger partial charge in [0.1, 0.15) is 40.6 Å². The van der Waals surface area contributed by atoms with E-state index in [4.69, 9.17) is 51.5 Å². The van der Waals surface area contributed by atoms with Gasteiger partial charge in [-0.25, -0.2) is 19.2 Å². The predicted molar refractivity (Wildman–Crippen MR) is 383 cm³/mol. The van der Waals surface area contributed by atoms with Crippen molar-refractivity contribution in [1.82, 2.24) is 10.3 Å². The number of carbonyl (C=O) groups excluding carboxylic acids is 5. The highest BCUT2D eigenvalue weighted by Crippen LogP contribution is 2.44. The minimum absolute atomic E-state index is 0.0322. The minimum Gasteiger partial charge on any atom is -0.508 e. The Morgan fingerprint density at radius 3 is 1.71 bits per heavy atom. The highest BCUT2D eigenvalue weighted by Gasteiger charge is 2.42. The number of phenolic OH excluding ortho intramolecular Hbond substituents is 1. The maximum atomic E-state index is 14.6. The molecule has 1 amide bonds. The Morgan fingerprint density at radius 1 is 0.647 bits per heavy atom. The van der Waals surface area contributed by atoms with E-state index in [1.165, 1.54) is 66.1 Å². The molecule has 0 radical (unpaired) electrons. The van der Waals surface area contributed by atoms with Gasteiger partial charge in [0.05, 0.1) is 106 Å². The molecule has 4 aromatic heterocycles. The van der Waals surface area contributed by atoms with E-state index in [2.05, 4.69) is 77.6 Å². The van der Waals surface area contributed by atoms with Crippen molar-refractivity contribution in [2.24, 2.45) is 0 Å². The van der Waals surface area contributed by atoms with Crippen molar-refractivity contribution in [3.05, 3.63) is 178 Å². The number of nitrogens with one attached hydrogen (secondary N) is 3. The third-order valence-electron chi connectivity index (χ3n) is 15.6. The second kappa shape index (κ2) is 38.9. The van der Waals surface area contributed by atoms with Crippen molar-refractivity contribution in [1.29, 1.82) is 0 Å². The zero-order valence-electron chi connectivity index (χ0n) is 57.2. The number of benzene rings is 5. The smallest absolute Gasteiger partial charge is 0.419 e. The Kier molecular flexibility index (Phi) is 30.7. The van der Waals surface area contributed by atoms with Crippen molar-refractivity contribution in [2.75, 3.05) is 98.6 Å². The monoisotopic (exact) mass is 1610 g/mol. The third-order valence-corrected chi connectivity index (χ3v) is 17.0. The summed E-state index contributed by atoms with van der Waals surface area (Å²) in [5.41, 5.74) is 2.61. The Balaban J connectivity index is 0.000000190. The first kappa shape index (κ1) is 80.4. The van der Waals surface area contributed by atoms with Gasteiger partial charge in [-0.3, -0.25) is 9.59 Å². The molecule has 0 spiro atoms. The fourth-order valence-corrected chi connectivity index (χ4v) is 12.4. The Labute approximate surface area is 610 Å². The molecule has 9 aromatic rings. The zero-order chi connectivity index (χ0) is 74.2. The highest BCUT2D eigenvalue weighted by molar-refractivity contribution is 9.11. The average molecular weight is 1620 g/mol. The van der Waals surface area contributed by atoms with Crippen LogP contribution in [0.5, 0.6) is 17.2 Å². The van der Waals surface area contributed by atoms with Crippen molar-refractivity contribution >= 4 is 122 Å². The van der Waals surface area contributed by atoms with Crippen LogP contribution >= 0.6 is 47.8 Å². The second-order valence-electron chi connectivity index (χ2n) is 22.3. The molecular formula is C72H78Br3F3N4O20. The number of methoxy groups -OCH3 is 5. The van der Waals surface area contributed by atoms with E-state index in [1.807, 2.05) is 32.0 Å². The van der Waals surface area contributed by atoms with Gasteiger partial charge in [0.25, 0.3) is 11.5 Å². The number of ether oxygens (including phenoxy) is 10. The Bertz CT molecular complexity index is 4340. The Hall–Kier alpha value is -8.91. The number of furan rings is 3. The number of fused-ring (bicyclic) bond motifs is 3. The van der Waals surface area contributed by atoms with Crippen LogP contribution in [0.4, 0.5) is 24.5 Å². The number of anilines is 2. The molecule has 2 aliphatic heterocycles. The summed E-state index contributed by atoms with van der Waals surface area (Å²) in [6.45, 7) is 11.0. The number of esters is 4. The van der Waals surface area contributed by atoms with Gasteiger partial charge in [-0.2, -0.15) is 13.2 Å². The molecule has 4 N–H and O–H groups in total. The van der Waals surface area contributed by atoms with Crippen LogP contribution in [-0.4, -0.2) is 147 Å². The number of H-pyrrole nitrogens is 1. The molecule has 2 saturated heterocycles. The van der Waals surface area contributed by atoms with Crippen LogP contribution in [0, 0.1) is 6.92 Å². The van der Waals surface area contributed by atoms with E-state index in [9.17, 15) is 41.9 Å². The lowest BCUT2D eigenvalue weighted by atomic mass is 9.96. The lowest BCUT2D eigenvalue weighted by molar-refractivity contribution is -0.152. The first-order chi connectivity index (χ1) is 48.9. The molecule has 0 saturated carbocycles. The number of pyridine rings is 1. The molecule has 0 atom stereocenters. The van der Waals surface area contributed by atoms with Crippen molar-refractivity contribution in [3.63, 3.8) is 0 Å². The molecule has 0 aliphatic carbocycles. The molecule has 0 bridgehead atoms. The van der Waals surface area contributed by atoms with Crippen LogP contribution in [0.2, 0.25) is 0 Å². The van der Waals surface area contributed by atoms with Crippen LogP contribution in [-0.2, 0) is 50.6 Å². The van der Waals surface area contributed by atoms with Crippen LogP contribution < -0.4 is 30.6 Å². The summed E-state index contributed by atoms with van der Waals surface area (Å²) in [6, 6.07) is 24.7. The number of aromatic amines is 1. The van der Waals surface area contributed by atoms with Gasteiger partial charge in [0.15, 0.2) is 6.29 Å². The minimum atomic E-state index is -4.83. The molecule has 6 heterocycles. The number of aromatic nitrogens is 1. The molecule has 548 valence electrons. The normalized spacial score (nSPS) is 13.0. The van der Waals surface area contributed by atoms with Gasteiger partial charge < -0.3 is 86.2 Å². The van der Waals surface area contributed by atoms with E-state index < -0.39 is 47.0 Å². The van der Waals surface area contributed by atoms with E-state index in [0.29, 0.717) is 101 Å². The third kappa shape index (κ3) is 22.1. The summed E-state index contributed by atoms with van der Waals surface area (Å²) >= 11 is 9.77. The van der Waals surface area contributed by atoms with Crippen molar-refractivity contribution < 1.29 is 103 Å². The number of halogens is 6. The second-order valence-corrected chi connectivity index (χ2v) is 25.0. The summed E-state index contributed by atoms with van der Waals surface area (Å²) in [5.74, 6) is -1.76. The van der Waals surface area contributed by atoms with Gasteiger partial charge in [-0.1, -0.05) is 47.8 Å². The standard InChI is InChI=1S/C25H28F3N3O5.C15H17NO4.C14H19BrO5.C10H7BrO3.C8H7BrO3/c1-4-31(15-5-8-35-9-6-15)18-12-20-16(7-10-36-20)21(22(18)25(26,27)28)24(33)29-13-17-19(34-3)11-14(2)30-23(17)32;1-18-15(17)13-8-11(9-14-12(13)4-7-20-14)16-10-2-5-19-6-3-10;1-4-18-13(19-5-2)9-20-12-7-10(14(16)17-3)6-11(15)8-12;1-13-10(12)8-4-6(11)5-9-7(8)2-3-14-9;1-12-8(11)5-2-6(9)4-7(10)3-5/h7,10-12,15H,4-6,8-9,13H2,1-3H3,(H,29,33)(H,30,32);4,7-10,16H,2-3,5-6H2,1H3;6-8,13H,4-5,9H2,1-3H3;2-5H,1H3;2-4,10H,1H3. The van der Waals surface area contributed by atoms with E-state index in [0.717, 1.165) is 51.5 Å². The fourth-order valence-electron chi connectivity index (χ4n) is 11.0. The Morgan fingerprint density at radius 2 is 1.17 bits per heavy atom. The van der Waals surface area contributed by atoms with Crippen LogP contribution in [0.25, 0.3) is 32.9 Å². The quantitative estimate of drug-likeness (QED) is 0.0313. The molecular weight excluding hydrogens is 1540 g/mol. The number of nitrogens with zero attached hydrogens (tertiary/aromatic N) is 1. The van der Waals surface area contributed by atoms with E-state index in [-0.39, 0.29) is 64.9 Å². The lowest BCUT2D eigenvalue weighted by Gasteiger charge is -2.37. The van der Waals surface area contributed by atoms with Gasteiger partial charge in [0, 0.05) is 111 Å². The first-order valence-electron chi connectivity index (χ1n) is 31.9. The molecule has 2 fully saturated rings. The number of amides is 1. The number of aryl methyl sites for hydroxylation is 1. The number of phenols is 1. The maximum Gasteiger partial charge on any atom is 0.419 e. The van der Waals surface area contributed by atoms with Gasteiger partial charge in [-0.05, 0) is 132 Å². The van der Waals surface area contributed by atoms with Crippen LogP contribution in [0.3, 0.4) is 0 Å². The summed E-state index contributed by atoms with van der Waals surface area (Å²) in [5, 5.41) is 16.6. The number of aromatic hydroxyl groups is 1. The molecule has 2 aliphatic rings. The van der Waals surface area contributed by atoms with E-state index >= 15 is 0 Å². The molecule has 0 unspecified atom stereocenters. The van der Waals surface area contributed by atoms with Crippen molar-refractivity contribution in [2.45, 2.75) is 84.5 Å². The summed E-state index contributed by atoms with van der Waals surface area (Å²) in [6.07, 6.45) is 2.18. The van der Waals surface area contributed by atoms with Gasteiger partial charge in [0.2, 0.25) is 0 Å². The SMILES string of the molecule is CCN(c1cc2occc2c(C(=O)NCc2c(OC)cc(C)[nH]c2=O)c1C(F)(F)F)C1CCOCC1.CCOC(COc1cc(Br)cc(C(=O)OC)c1)OCC.COC(=O)c1cc(Br)cc2occc12.COC(=O)c1cc(NC2CCOCC2)cc2occc12.COC(=O)c1cc(O)cc(Br)c1.